The molecule has 0 aromatic heterocycles. The summed E-state index contributed by atoms with van der Waals surface area (Å²) >= 11 is 0. The van der Waals surface area contributed by atoms with Crippen LogP contribution in [0, 0.1) is 5.82 Å². The van der Waals surface area contributed by atoms with E-state index in [1.807, 2.05) is 0 Å². The molecule has 2 atom stereocenters. The predicted molar refractivity (Wildman–Crippen MR) is 59.7 cm³/mol. The van der Waals surface area contributed by atoms with E-state index >= 15 is 0 Å². The van der Waals surface area contributed by atoms with Crippen LogP contribution in [0.5, 0.6) is 0 Å². The fourth-order valence-corrected chi connectivity index (χ4v) is 2.13. The first kappa shape index (κ1) is 11.6. The molecule has 1 fully saturated rings. The van der Waals surface area contributed by atoms with Crippen molar-refractivity contribution in [3.8, 4) is 0 Å². The third-order valence-electron chi connectivity index (χ3n) is 2.97. The van der Waals surface area contributed by atoms with Crippen molar-refractivity contribution in [3.05, 3.63) is 35.6 Å². The largest absolute Gasteiger partial charge is 0.393 e. The van der Waals surface area contributed by atoms with Crippen LogP contribution in [0.25, 0.3) is 0 Å². The van der Waals surface area contributed by atoms with Crippen LogP contribution in [-0.2, 0) is 11.2 Å². The molecule has 1 aliphatic heterocycles. The molecule has 1 aliphatic rings. The average Bonchev–Trinajstić information content (AvgIpc) is 2.74. The highest BCUT2D eigenvalue weighted by molar-refractivity contribution is 5.18. The van der Waals surface area contributed by atoms with Crippen LogP contribution in [0.4, 0.5) is 4.39 Å². The fourth-order valence-electron chi connectivity index (χ4n) is 2.13. The summed E-state index contributed by atoms with van der Waals surface area (Å²) in [6.45, 7) is 0.789. The summed E-state index contributed by atoms with van der Waals surface area (Å²) in [5.74, 6) is -0.242. The molecule has 0 radical (unpaired) electrons. The number of halogens is 1. The molecule has 88 valence electrons. The predicted octanol–water partition coefficient (Wildman–Crippen LogP) is 2.30. The van der Waals surface area contributed by atoms with E-state index in [0.717, 1.165) is 19.4 Å². The van der Waals surface area contributed by atoms with E-state index in [1.54, 1.807) is 18.2 Å². The van der Waals surface area contributed by atoms with Crippen molar-refractivity contribution in [2.45, 2.75) is 37.9 Å². The van der Waals surface area contributed by atoms with Gasteiger partial charge in [0.2, 0.25) is 0 Å². The summed E-state index contributed by atoms with van der Waals surface area (Å²) in [5.41, 5.74) is 0.577. The lowest BCUT2D eigenvalue weighted by atomic mass is 10.0. The Hall–Kier alpha value is -0.930. The molecule has 0 amide bonds. The van der Waals surface area contributed by atoms with Crippen molar-refractivity contribution < 1.29 is 14.2 Å². The minimum Gasteiger partial charge on any atom is -0.393 e. The van der Waals surface area contributed by atoms with Crippen LogP contribution in [-0.4, -0.2) is 23.9 Å². The molecule has 0 saturated carbocycles. The molecule has 1 heterocycles. The molecule has 1 saturated heterocycles. The Morgan fingerprint density at radius 1 is 1.44 bits per heavy atom. The SMILES string of the molecule is OC(Cc1ccccc1F)CC1CCCO1. The van der Waals surface area contributed by atoms with Gasteiger partial charge in [0.25, 0.3) is 0 Å². The van der Waals surface area contributed by atoms with Gasteiger partial charge in [-0.25, -0.2) is 4.39 Å². The molecule has 2 nitrogen and oxygen atoms in total. The van der Waals surface area contributed by atoms with Crippen LogP contribution in [0.15, 0.2) is 24.3 Å². The van der Waals surface area contributed by atoms with Gasteiger partial charge in [0.05, 0.1) is 12.2 Å². The van der Waals surface area contributed by atoms with Gasteiger partial charge < -0.3 is 9.84 Å². The second-order valence-electron chi connectivity index (χ2n) is 4.32. The van der Waals surface area contributed by atoms with E-state index in [2.05, 4.69) is 0 Å². The van der Waals surface area contributed by atoms with Crippen LogP contribution < -0.4 is 0 Å². The Labute approximate surface area is 95.1 Å². The lowest BCUT2D eigenvalue weighted by Gasteiger charge is -2.15. The number of ether oxygens (including phenoxy) is 1. The standard InChI is InChI=1S/C13H17FO2/c14-13-6-2-1-4-10(13)8-11(15)9-12-5-3-7-16-12/h1-2,4,6,11-12,15H,3,5,7-9H2. The third kappa shape index (κ3) is 3.03. The molecular weight excluding hydrogens is 207 g/mol. The number of aliphatic hydroxyl groups is 1. The molecule has 1 N–H and O–H groups in total. The smallest absolute Gasteiger partial charge is 0.126 e. The monoisotopic (exact) mass is 224 g/mol. The minimum atomic E-state index is -0.514. The molecule has 2 unspecified atom stereocenters. The molecule has 0 aliphatic carbocycles. The zero-order chi connectivity index (χ0) is 11.4. The van der Waals surface area contributed by atoms with E-state index < -0.39 is 6.10 Å². The first-order valence-corrected chi connectivity index (χ1v) is 5.79. The Kier molecular flexibility index (Phi) is 3.91. The maximum absolute atomic E-state index is 13.3. The zero-order valence-electron chi connectivity index (χ0n) is 9.23. The van der Waals surface area contributed by atoms with E-state index in [-0.39, 0.29) is 11.9 Å². The van der Waals surface area contributed by atoms with Gasteiger partial charge in [-0.1, -0.05) is 18.2 Å². The first-order valence-electron chi connectivity index (χ1n) is 5.79. The van der Waals surface area contributed by atoms with Crippen LogP contribution >= 0.6 is 0 Å². The quantitative estimate of drug-likeness (QED) is 0.850. The molecule has 1 aromatic carbocycles. The van der Waals surface area contributed by atoms with Gasteiger partial charge in [0.15, 0.2) is 0 Å². The van der Waals surface area contributed by atoms with Gasteiger partial charge in [0, 0.05) is 13.0 Å². The normalized spacial score (nSPS) is 22.2. The Morgan fingerprint density at radius 3 is 2.94 bits per heavy atom. The van der Waals surface area contributed by atoms with Gasteiger partial charge in [-0.2, -0.15) is 0 Å². The fraction of sp³-hybridized carbons (Fsp3) is 0.538. The second-order valence-corrected chi connectivity index (χ2v) is 4.32. The maximum Gasteiger partial charge on any atom is 0.126 e. The van der Waals surface area contributed by atoms with Crippen LogP contribution in [0.3, 0.4) is 0 Å². The summed E-state index contributed by atoms with van der Waals surface area (Å²) in [7, 11) is 0. The van der Waals surface area contributed by atoms with Gasteiger partial charge in [-0.05, 0) is 30.9 Å². The molecule has 3 heteroatoms. The third-order valence-corrected chi connectivity index (χ3v) is 2.97. The maximum atomic E-state index is 13.3. The molecule has 2 rings (SSSR count). The molecule has 16 heavy (non-hydrogen) atoms. The summed E-state index contributed by atoms with van der Waals surface area (Å²) in [5, 5.41) is 9.84. The van der Waals surface area contributed by atoms with Gasteiger partial charge in [-0.3, -0.25) is 0 Å². The summed E-state index contributed by atoms with van der Waals surface area (Å²) in [4.78, 5) is 0. The van der Waals surface area contributed by atoms with Crippen molar-refractivity contribution in [2.24, 2.45) is 0 Å². The highest BCUT2D eigenvalue weighted by Gasteiger charge is 2.20. The zero-order valence-corrected chi connectivity index (χ0v) is 9.23. The van der Waals surface area contributed by atoms with Gasteiger partial charge in [0.1, 0.15) is 5.82 Å². The minimum absolute atomic E-state index is 0.154. The van der Waals surface area contributed by atoms with Crippen molar-refractivity contribution in [1.82, 2.24) is 0 Å². The molecular formula is C13H17FO2. The first-order chi connectivity index (χ1) is 7.75. The molecule has 1 aromatic rings. The number of aliphatic hydroxyl groups excluding tert-OH is 1. The van der Waals surface area contributed by atoms with E-state index in [1.165, 1.54) is 6.07 Å². The van der Waals surface area contributed by atoms with Crippen molar-refractivity contribution >= 4 is 0 Å². The number of rotatable bonds is 4. The lowest BCUT2D eigenvalue weighted by Crippen LogP contribution is -2.19. The van der Waals surface area contributed by atoms with E-state index in [4.69, 9.17) is 4.74 Å². The Morgan fingerprint density at radius 2 is 2.25 bits per heavy atom. The molecule has 0 spiro atoms. The summed E-state index contributed by atoms with van der Waals surface area (Å²) < 4.78 is 18.8. The highest BCUT2D eigenvalue weighted by Crippen LogP contribution is 2.19. The number of benzene rings is 1. The number of hydrogen-bond donors (Lipinski definition) is 1. The van der Waals surface area contributed by atoms with Crippen molar-refractivity contribution in [1.29, 1.82) is 0 Å². The van der Waals surface area contributed by atoms with E-state index in [0.29, 0.717) is 18.4 Å². The Bertz CT molecular complexity index is 334. The second kappa shape index (κ2) is 5.41. The van der Waals surface area contributed by atoms with Gasteiger partial charge >= 0.3 is 0 Å². The molecule has 0 bridgehead atoms. The van der Waals surface area contributed by atoms with Crippen LogP contribution in [0.2, 0.25) is 0 Å². The highest BCUT2D eigenvalue weighted by atomic mass is 19.1. The Balaban J connectivity index is 1.86. The number of hydrogen-bond acceptors (Lipinski definition) is 2. The lowest BCUT2D eigenvalue weighted by molar-refractivity contribution is 0.0538. The average molecular weight is 224 g/mol. The topological polar surface area (TPSA) is 29.5 Å². The van der Waals surface area contributed by atoms with Crippen molar-refractivity contribution in [3.63, 3.8) is 0 Å². The van der Waals surface area contributed by atoms with E-state index in [9.17, 15) is 9.50 Å². The summed E-state index contributed by atoms with van der Waals surface area (Å²) in [6, 6.07) is 6.59. The van der Waals surface area contributed by atoms with Gasteiger partial charge in [-0.15, -0.1) is 0 Å². The summed E-state index contributed by atoms with van der Waals surface area (Å²) in [6.07, 6.45) is 2.69. The van der Waals surface area contributed by atoms with Crippen LogP contribution in [0.1, 0.15) is 24.8 Å². The van der Waals surface area contributed by atoms with Crippen molar-refractivity contribution in [2.75, 3.05) is 6.61 Å².